The molecule has 0 N–H and O–H groups in total. The Morgan fingerprint density at radius 2 is 1.46 bits per heavy atom. The van der Waals surface area contributed by atoms with Crippen LogP contribution in [-0.2, 0) is 5.41 Å². The minimum absolute atomic E-state index is 0.221. The van der Waals surface area contributed by atoms with Crippen molar-refractivity contribution in [2.45, 2.75) is 38.0 Å². The van der Waals surface area contributed by atoms with E-state index < -0.39 is 0 Å². The number of benzene rings is 1. The second kappa shape index (κ2) is 6.31. The summed E-state index contributed by atoms with van der Waals surface area (Å²) in [7, 11) is 0. The summed E-state index contributed by atoms with van der Waals surface area (Å²) in [5.74, 6) is 3.81. The fraction of sp³-hybridized carbons (Fsp3) is 0.462. The fourth-order valence-electron chi connectivity index (χ4n) is 6.69. The van der Waals surface area contributed by atoms with Crippen LogP contribution in [0.3, 0.4) is 0 Å². The maximum Gasteiger partial charge on any atom is -0.000693 e. The molecule has 0 radical (unpaired) electrons. The Morgan fingerprint density at radius 3 is 2.19 bits per heavy atom. The van der Waals surface area contributed by atoms with E-state index in [4.69, 9.17) is 0 Å². The average Bonchev–Trinajstić information content (AvgIpc) is 3.35. The number of hydrogen-bond acceptors (Lipinski definition) is 0. The standard InChI is InChI=1S/C26H28/c1-26(20-13-5-6-14-20,19-11-3-2-4-12-19)25-23-17-9-7-15-21(23)22-16-8-10-18-24(22)25/h2-4,7,9,11-12,15-18,20-25H,5-6,13-14H2,1H3/t21?,22?,23?,24?,25?,26-/m0/s1. The molecule has 0 spiro atoms. The molecule has 132 valence electrons. The number of rotatable bonds is 3. The number of allylic oxidation sites excluding steroid dienone is 6. The van der Waals surface area contributed by atoms with Crippen LogP contribution in [0.5, 0.6) is 0 Å². The smallest absolute Gasteiger partial charge is 0.000693 e. The molecule has 0 aromatic heterocycles. The number of fused-ring (bicyclic) bond motifs is 3. The highest BCUT2D eigenvalue weighted by Gasteiger charge is 2.57. The van der Waals surface area contributed by atoms with Gasteiger partial charge in [0.05, 0.1) is 0 Å². The first kappa shape index (κ1) is 16.2. The van der Waals surface area contributed by atoms with Crippen LogP contribution in [0, 0.1) is 35.5 Å². The quantitative estimate of drug-likeness (QED) is 0.572. The van der Waals surface area contributed by atoms with Crippen molar-refractivity contribution >= 4 is 0 Å². The van der Waals surface area contributed by atoms with Gasteiger partial charge in [-0.1, -0.05) is 85.9 Å². The van der Waals surface area contributed by atoms with E-state index in [0.29, 0.717) is 29.6 Å². The zero-order valence-electron chi connectivity index (χ0n) is 15.6. The van der Waals surface area contributed by atoms with Gasteiger partial charge in [0.15, 0.2) is 0 Å². The Morgan fingerprint density at radius 1 is 0.808 bits per heavy atom. The lowest BCUT2D eigenvalue weighted by Gasteiger charge is -2.46. The first-order chi connectivity index (χ1) is 12.8. The fourth-order valence-corrected chi connectivity index (χ4v) is 6.69. The largest absolute Gasteiger partial charge is 0.0805 e. The summed E-state index contributed by atoms with van der Waals surface area (Å²) in [4.78, 5) is 0. The van der Waals surface area contributed by atoms with Gasteiger partial charge in [-0.3, -0.25) is 0 Å². The molecule has 0 bridgehead atoms. The predicted octanol–water partition coefficient (Wildman–Crippen LogP) is 6.24. The third-order valence-corrected chi connectivity index (χ3v) is 7.87. The molecule has 4 aliphatic carbocycles. The molecule has 5 unspecified atom stereocenters. The van der Waals surface area contributed by atoms with Crippen molar-refractivity contribution < 1.29 is 0 Å². The van der Waals surface area contributed by atoms with Gasteiger partial charge >= 0.3 is 0 Å². The third-order valence-electron chi connectivity index (χ3n) is 7.87. The third kappa shape index (κ3) is 2.30. The van der Waals surface area contributed by atoms with Crippen LogP contribution in [0.2, 0.25) is 0 Å². The first-order valence-electron chi connectivity index (χ1n) is 10.4. The summed E-state index contributed by atoms with van der Waals surface area (Å²) < 4.78 is 0. The predicted molar refractivity (Wildman–Crippen MR) is 108 cm³/mol. The SMILES string of the molecule is C[C@](c1ccccc1)(C1CCCC1)C1C2C=C=C=CC2C2C=CC=CC21. The van der Waals surface area contributed by atoms with Gasteiger partial charge in [0.25, 0.3) is 0 Å². The molecule has 0 amide bonds. The second-order valence-electron chi connectivity index (χ2n) is 8.86. The normalized spacial score (nSPS) is 36.9. The molecule has 0 nitrogen and oxygen atoms in total. The molecule has 1 aromatic carbocycles. The van der Waals surface area contributed by atoms with Crippen molar-refractivity contribution in [3.05, 3.63) is 83.8 Å². The van der Waals surface area contributed by atoms with E-state index >= 15 is 0 Å². The molecule has 0 heterocycles. The van der Waals surface area contributed by atoms with Gasteiger partial charge in [0.1, 0.15) is 0 Å². The Bertz CT molecular complexity index is 822. The minimum Gasteiger partial charge on any atom is -0.0805 e. The van der Waals surface area contributed by atoms with E-state index in [1.807, 2.05) is 0 Å². The van der Waals surface area contributed by atoms with Crippen molar-refractivity contribution in [2.24, 2.45) is 35.5 Å². The zero-order chi connectivity index (χ0) is 17.6. The summed E-state index contributed by atoms with van der Waals surface area (Å²) in [5.41, 5.74) is 8.38. The maximum atomic E-state index is 3.33. The van der Waals surface area contributed by atoms with E-state index in [9.17, 15) is 0 Å². The van der Waals surface area contributed by atoms with Crippen molar-refractivity contribution in [1.29, 1.82) is 0 Å². The molecule has 0 aliphatic heterocycles. The highest BCUT2D eigenvalue weighted by atomic mass is 14.6. The summed E-state index contributed by atoms with van der Waals surface area (Å²) in [5, 5.41) is 0. The summed E-state index contributed by atoms with van der Waals surface area (Å²) in [6.45, 7) is 2.59. The highest BCUT2D eigenvalue weighted by Crippen LogP contribution is 2.61. The van der Waals surface area contributed by atoms with Crippen molar-refractivity contribution in [2.75, 3.05) is 0 Å². The molecule has 0 heteroatoms. The van der Waals surface area contributed by atoms with E-state index in [2.05, 4.69) is 85.2 Å². The van der Waals surface area contributed by atoms with E-state index in [1.165, 1.54) is 25.7 Å². The van der Waals surface area contributed by atoms with Gasteiger partial charge < -0.3 is 0 Å². The van der Waals surface area contributed by atoms with Crippen LogP contribution in [0.15, 0.2) is 78.3 Å². The van der Waals surface area contributed by atoms with Crippen molar-refractivity contribution in [1.82, 2.24) is 0 Å². The van der Waals surface area contributed by atoms with E-state index in [1.54, 1.807) is 5.56 Å². The molecule has 2 saturated carbocycles. The van der Waals surface area contributed by atoms with Gasteiger partial charge in [-0.05, 0) is 71.5 Å². The van der Waals surface area contributed by atoms with E-state index in [-0.39, 0.29) is 5.41 Å². The Kier molecular flexibility index (Phi) is 3.93. The first-order valence-corrected chi connectivity index (χ1v) is 10.4. The van der Waals surface area contributed by atoms with Crippen molar-refractivity contribution in [3.8, 4) is 0 Å². The van der Waals surface area contributed by atoms with Crippen LogP contribution >= 0.6 is 0 Å². The van der Waals surface area contributed by atoms with Gasteiger partial charge in [-0.15, -0.1) is 0 Å². The van der Waals surface area contributed by atoms with Gasteiger partial charge in [-0.25, -0.2) is 0 Å². The molecule has 6 atom stereocenters. The van der Waals surface area contributed by atoms with Crippen LogP contribution in [0.4, 0.5) is 0 Å². The Balaban J connectivity index is 1.67. The topological polar surface area (TPSA) is 0 Å². The molecule has 0 saturated heterocycles. The Hall–Kier alpha value is -2.00. The van der Waals surface area contributed by atoms with Crippen molar-refractivity contribution in [3.63, 3.8) is 0 Å². The summed E-state index contributed by atoms with van der Waals surface area (Å²) in [6, 6.07) is 11.4. The average molecular weight is 341 g/mol. The van der Waals surface area contributed by atoms with Crippen LogP contribution in [0.1, 0.15) is 38.2 Å². The van der Waals surface area contributed by atoms with Gasteiger partial charge in [0, 0.05) is 0 Å². The number of hydrogen-bond donors (Lipinski definition) is 0. The molecular weight excluding hydrogens is 312 g/mol. The zero-order valence-corrected chi connectivity index (χ0v) is 15.6. The van der Waals surface area contributed by atoms with Crippen LogP contribution < -0.4 is 0 Å². The molecule has 5 rings (SSSR count). The highest BCUT2D eigenvalue weighted by molar-refractivity contribution is 5.35. The van der Waals surface area contributed by atoms with Crippen LogP contribution in [-0.4, -0.2) is 0 Å². The molecule has 2 fully saturated rings. The van der Waals surface area contributed by atoms with Crippen LogP contribution in [0.25, 0.3) is 0 Å². The van der Waals surface area contributed by atoms with E-state index in [0.717, 1.165) is 5.92 Å². The van der Waals surface area contributed by atoms with Gasteiger partial charge in [0.2, 0.25) is 0 Å². The lowest BCUT2D eigenvalue weighted by atomic mass is 9.57. The lowest BCUT2D eigenvalue weighted by Crippen LogP contribution is -2.43. The monoisotopic (exact) mass is 340 g/mol. The lowest BCUT2D eigenvalue weighted by molar-refractivity contribution is 0.138. The van der Waals surface area contributed by atoms with Gasteiger partial charge in [-0.2, -0.15) is 0 Å². The Labute approximate surface area is 157 Å². The second-order valence-corrected chi connectivity index (χ2v) is 8.86. The molecule has 4 aliphatic rings. The minimum atomic E-state index is 0.221. The molecule has 1 aromatic rings. The molecule has 26 heavy (non-hydrogen) atoms. The maximum absolute atomic E-state index is 3.33. The summed E-state index contributed by atoms with van der Waals surface area (Å²) in [6.07, 6.45) is 19.7. The summed E-state index contributed by atoms with van der Waals surface area (Å²) >= 11 is 0. The molecular formula is C26H28.